The number of aryl methyl sites for hydroxylation is 2. The van der Waals surface area contributed by atoms with Crippen molar-refractivity contribution < 1.29 is 19.2 Å². The van der Waals surface area contributed by atoms with E-state index >= 15 is 0 Å². The Labute approximate surface area is 297 Å². The Bertz CT molecular complexity index is 2040. The van der Waals surface area contributed by atoms with Crippen LogP contribution in [0.15, 0.2) is 95.0 Å². The number of ketones is 2. The molecule has 4 aromatic carbocycles. The molecule has 49 heavy (non-hydrogen) atoms. The summed E-state index contributed by atoms with van der Waals surface area (Å²) in [7, 11) is 0. The standard InChI is InChI=1S/C40H42ClN3O4S/c1-7-43(8-2)40(5,6)39(47)48-42-34(22-23-49-30-18-16-29(41)17-19-30)38(46)28-15-21-36-33(25-28)32-24-27(14-20-35(32)44(36)9-3)37(45)31-13-11-10-12-26(31)4/h10-21,24-25H,7-9,22-23H2,1-6H3. The van der Waals surface area contributed by atoms with Gasteiger partial charge in [-0.1, -0.05) is 54.9 Å². The van der Waals surface area contributed by atoms with Crippen LogP contribution >= 0.6 is 23.4 Å². The van der Waals surface area contributed by atoms with E-state index in [4.69, 9.17) is 16.4 Å². The maximum atomic E-state index is 14.2. The van der Waals surface area contributed by atoms with E-state index in [9.17, 15) is 14.4 Å². The summed E-state index contributed by atoms with van der Waals surface area (Å²) in [6.07, 6.45) is 0.273. The summed E-state index contributed by atoms with van der Waals surface area (Å²) in [5.74, 6) is -0.368. The SMILES string of the molecule is CCN(CC)C(C)(C)C(=O)ON=C(CCSc1ccc(Cl)cc1)C(=O)c1ccc2c(c1)c1cc(C(=O)c3ccccc3C)ccc1n2CC. The molecule has 0 bridgehead atoms. The molecule has 0 radical (unpaired) electrons. The second-order valence-corrected chi connectivity index (χ2v) is 14.0. The summed E-state index contributed by atoms with van der Waals surface area (Å²) in [5.41, 5.74) is 3.74. The molecule has 0 amide bonds. The predicted molar refractivity (Wildman–Crippen MR) is 201 cm³/mol. The minimum absolute atomic E-state index is 0.0494. The highest BCUT2D eigenvalue weighted by Crippen LogP contribution is 2.32. The van der Waals surface area contributed by atoms with Gasteiger partial charge in [0.05, 0.1) is 0 Å². The molecule has 0 N–H and O–H groups in total. The quantitative estimate of drug-likeness (QED) is 0.0379. The van der Waals surface area contributed by atoms with Crippen molar-refractivity contribution in [3.63, 3.8) is 0 Å². The lowest BCUT2D eigenvalue weighted by atomic mass is 9.97. The smallest absolute Gasteiger partial charge is 0.341 e. The molecule has 9 heteroatoms. The van der Waals surface area contributed by atoms with Gasteiger partial charge < -0.3 is 9.40 Å². The van der Waals surface area contributed by atoms with Crippen LogP contribution in [0.5, 0.6) is 0 Å². The van der Waals surface area contributed by atoms with Crippen LogP contribution in [0.4, 0.5) is 0 Å². The van der Waals surface area contributed by atoms with Crippen LogP contribution in [-0.2, 0) is 16.2 Å². The number of carbonyl (C=O) groups is 3. The van der Waals surface area contributed by atoms with Crippen molar-refractivity contribution in [2.45, 2.75) is 64.9 Å². The number of Topliss-reactive ketones (excluding diaryl/α,β-unsaturated/α-hetero) is 1. The molecule has 0 atom stereocenters. The highest BCUT2D eigenvalue weighted by molar-refractivity contribution is 7.99. The van der Waals surface area contributed by atoms with E-state index in [1.54, 1.807) is 31.7 Å². The predicted octanol–water partition coefficient (Wildman–Crippen LogP) is 9.39. The van der Waals surface area contributed by atoms with Gasteiger partial charge in [0.15, 0.2) is 5.78 Å². The lowest BCUT2D eigenvalue weighted by Gasteiger charge is -2.33. The summed E-state index contributed by atoms with van der Waals surface area (Å²) in [6.45, 7) is 13.6. The minimum atomic E-state index is -0.923. The number of halogens is 1. The van der Waals surface area contributed by atoms with Crippen LogP contribution in [0, 0.1) is 6.92 Å². The number of thioether (sulfide) groups is 1. The van der Waals surface area contributed by atoms with Gasteiger partial charge in [-0.3, -0.25) is 14.5 Å². The average molecular weight is 696 g/mol. The third-order valence-electron chi connectivity index (χ3n) is 9.07. The normalized spacial score (nSPS) is 12.2. The Balaban J connectivity index is 1.51. The summed E-state index contributed by atoms with van der Waals surface area (Å²) >= 11 is 7.62. The maximum Gasteiger partial charge on any atom is 0.354 e. The molecule has 254 valence electrons. The Morgan fingerprint density at radius 1 is 0.857 bits per heavy atom. The number of nitrogens with zero attached hydrogens (tertiary/aromatic N) is 3. The molecule has 0 aliphatic rings. The molecule has 0 aliphatic carbocycles. The van der Waals surface area contributed by atoms with Gasteiger partial charge in [0.1, 0.15) is 11.3 Å². The monoisotopic (exact) mass is 695 g/mol. The first kappa shape index (κ1) is 36.1. The first-order valence-corrected chi connectivity index (χ1v) is 18.0. The number of carbonyl (C=O) groups excluding carboxylic acids is 3. The Kier molecular flexibility index (Phi) is 11.4. The molecule has 0 saturated heterocycles. The van der Waals surface area contributed by atoms with Crippen molar-refractivity contribution in [1.29, 1.82) is 0 Å². The molecule has 7 nitrogen and oxygen atoms in total. The molecule has 0 spiro atoms. The van der Waals surface area contributed by atoms with Gasteiger partial charge in [0.2, 0.25) is 5.78 Å². The van der Waals surface area contributed by atoms with Crippen LogP contribution in [0.2, 0.25) is 5.02 Å². The highest BCUT2D eigenvalue weighted by Gasteiger charge is 2.35. The number of oxime groups is 1. The fourth-order valence-corrected chi connectivity index (χ4v) is 7.21. The van der Waals surface area contributed by atoms with Crippen molar-refractivity contribution in [3.05, 3.63) is 112 Å². The van der Waals surface area contributed by atoms with Crippen molar-refractivity contribution >= 4 is 68.4 Å². The first-order valence-electron chi connectivity index (χ1n) is 16.6. The number of fused-ring (bicyclic) bond motifs is 3. The summed E-state index contributed by atoms with van der Waals surface area (Å²) in [5, 5.41) is 6.60. The lowest BCUT2D eigenvalue weighted by molar-refractivity contribution is -0.156. The van der Waals surface area contributed by atoms with E-state index in [1.807, 2.05) is 105 Å². The summed E-state index contributed by atoms with van der Waals surface area (Å²) in [4.78, 5) is 49.5. The van der Waals surface area contributed by atoms with Crippen LogP contribution in [-0.4, -0.2) is 57.1 Å². The van der Waals surface area contributed by atoms with Gasteiger partial charge in [-0.2, -0.15) is 0 Å². The van der Waals surface area contributed by atoms with E-state index in [0.717, 1.165) is 32.3 Å². The number of hydrogen-bond acceptors (Lipinski definition) is 7. The molecule has 0 saturated carbocycles. The number of likely N-dealkylation sites (N-methyl/N-ethyl adjacent to an activating group) is 1. The van der Waals surface area contributed by atoms with Crippen molar-refractivity contribution in [1.82, 2.24) is 9.47 Å². The number of benzene rings is 4. The Morgan fingerprint density at radius 2 is 1.47 bits per heavy atom. The third kappa shape index (κ3) is 7.67. The van der Waals surface area contributed by atoms with E-state index < -0.39 is 11.5 Å². The van der Waals surface area contributed by atoms with Crippen molar-refractivity contribution in [3.8, 4) is 0 Å². The largest absolute Gasteiger partial charge is 0.354 e. The second kappa shape index (κ2) is 15.5. The number of rotatable bonds is 14. The molecule has 0 unspecified atom stereocenters. The zero-order chi connectivity index (χ0) is 35.3. The second-order valence-electron chi connectivity index (χ2n) is 12.4. The van der Waals surface area contributed by atoms with Crippen molar-refractivity contribution in [2.24, 2.45) is 5.16 Å². The van der Waals surface area contributed by atoms with Crippen LogP contribution < -0.4 is 0 Å². The highest BCUT2D eigenvalue weighted by atomic mass is 35.5. The Morgan fingerprint density at radius 3 is 2.08 bits per heavy atom. The fourth-order valence-electron chi connectivity index (χ4n) is 6.23. The molecule has 0 aliphatic heterocycles. The van der Waals surface area contributed by atoms with Gasteiger partial charge in [0, 0.05) is 67.1 Å². The fraction of sp³-hybridized carbons (Fsp3) is 0.300. The first-order chi connectivity index (χ1) is 23.5. The number of aromatic nitrogens is 1. The topological polar surface area (TPSA) is 81.0 Å². The molecule has 1 heterocycles. The molecule has 1 aromatic heterocycles. The Hall–Kier alpha value is -4.24. The lowest BCUT2D eigenvalue weighted by Crippen LogP contribution is -2.50. The van der Waals surface area contributed by atoms with Crippen LogP contribution in [0.1, 0.15) is 72.9 Å². The zero-order valence-electron chi connectivity index (χ0n) is 28.9. The molecular formula is C40H42ClN3O4S. The van der Waals surface area contributed by atoms with E-state index in [0.29, 0.717) is 47.1 Å². The summed E-state index contributed by atoms with van der Waals surface area (Å²) < 4.78 is 2.18. The molecule has 5 rings (SSSR count). The van der Waals surface area contributed by atoms with Gasteiger partial charge in [0.25, 0.3) is 0 Å². The van der Waals surface area contributed by atoms with Gasteiger partial charge in [-0.05, 0) is 107 Å². The zero-order valence-corrected chi connectivity index (χ0v) is 30.5. The van der Waals surface area contributed by atoms with E-state index in [-0.39, 0.29) is 23.7 Å². The molecule has 0 fully saturated rings. The van der Waals surface area contributed by atoms with Gasteiger partial charge in [-0.15, -0.1) is 11.8 Å². The van der Waals surface area contributed by atoms with Gasteiger partial charge >= 0.3 is 5.97 Å². The minimum Gasteiger partial charge on any atom is -0.341 e. The van der Waals surface area contributed by atoms with E-state index in [1.165, 1.54) is 0 Å². The third-order valence-corrected chi connectivity index (χ3v) is 10.3. The van der Waals surface area contributed by atoms with Crippen LogP contribution in [0.25, 0.3) is 21.8 Å². The average Bonchev–Trinajstić information content (AvgIpc) is 3.42. The molecule has 5 aromatic rings. The summed E-state index contributed by atoms with van der Waals surface area (Å²) in [6, 6.07) is 26.4. The van der Waals surface area contributed by atoms with E-state index in [2.05, 4.69) is 16.6 Å². The van der Waals surface area contributed by atoms with Crippen molar-refractivity contribution in [2.75, 3.05) is 18.8 Å². The van der Waals surface area contributed by atoms with Crippen LogP contribution in [0.3, 0.4) is 0 Å². The van der Waals surface area contributed by atoms with Gasteiger partial charge in [-0.25, -0.2) is 4.79 Å². The maximum absolute atomic E-state index is 14.2. The molecular weight excluding hydrogens is 654 g/mol. The number of hydrogen-bond donors (Lipinski definition) is 0.